The fourth-order valence-electron chi connectivity index (χ4n) is 3.74. The van der Waals surface area contributed by atoms with Crippen molar-refractivity contribution in [2.24, 2.45) is 0 Å². The highest BCUT2D eigenvalue weighted by atomic mass is 79.9. The predicted molar refractivity (Wildman–Crippen MR) is 143 cm³/mol. The van der Waals surface area contributed by atoms with Gasteiger partial charge in [0.2, 0.25) is 0 Å². The van der Waals surface area contributed by atoms with Gasteiger partial charge in [0.25, 0.3) is 0 Å². The van der Waals surface area contributed by atoms with Gasteiger partial charge in [0.15, 0.2) is 11.5 Å². The SMILES string of the molecule is CCOc1cc(CNc2ccc(N3CCOCC3)c(Cl)c2)c(Br)cc1OCc1ccccc1Cl. The zero-order valence-electron chi connectivity index (χ0n) is 19.0. The Balaban J connectivity index is 1.45. The van der Waals surface area contributed by atoms with E-state index in [1.807, 2.05) is 49.4 Å². The summed E-state index contributed by atoms with van der Waals surface area (Å²) in [5.74, 6) is 1.35. The van der Waals surface area contributed by atoms with Crippen LogP contribution in [0.3, 0.4) is 0 Å². The van der Waals surface area contributed by atoms with Crippen molar-refractivity contribution in [3.8, 4) is 11.5 Å². The van der Waals surface area contributed by atoms with Gasteiger partial charge in [0.1, 0.15) is 6.61 Å². The fraction of sp³-hybridized carbons (Fsp3) is 0.308. The Bertz CT molecular complexity index is 1120. The van der Waals surface area contributed by atoms with Gasteiger partial charge in [-0.05, 0) is 48.9 Å². The van der Waals surface area contributed by atoms with Crippen molar-refractivity contribution in [3.05, 3.63) is 80.2 Å². The van der Waals surface area contributed by atoms with Gasteiger partial charge in [-0.1, -0.05) is 57.3 Å². The molecular formula is C26H27BrCl2N2O3. The van der Waals surface area contributed by atoms with Crippen LogP contribution in [0.1, 0.15) is 18.1 Å². The Hall–Kier alpha value is -2.12. The van der Waals surface area contributed by atoms with Crippen LogP contribution < -0.4 is 19.7 Å². The molecule has 8 heteroatoms. The molecule has 1 aliphatic heterocycles. The lowest BCUT2D eigenvalue weighted by molar-refractivity contribution is 0.122. The van der Waals surface area contributed by atoms with E-state index in [2.05, 4.69) is 38.3 Å². The molecule has 1 aliphatic rings. The van der Waals surface area contributed by atoms with E-state index >= 15 is 0 Å². The summed E-state index contributed by atoms with van der Waals surface area (Å²) in [4.78, 5) is 2.25. The summed E-state index contributed by atoms with van der Waals surface area (Å²) in [7, 11) is 0. The van der Waals surface area contributed by atoms with Gasteiger partial charge in [-0.3, -0.25) is 0 Å². The molecule has 180 valence electrons. The zero-order valence-corrected chi connectivity index (χ0v) is 22.0. The minimum atomic E-state index is 0.359. The van der Waals surface area contributed by atoms with Crippen LogP contribution in [0.4, 0.5) is 11.4 Å². The molecule has 1 fully saturated rings. The van der Waals surface area contributed by atoms with E-state index in [9.17, 15) is 0 Å². The van der Waals surface area contributed by atoms with Crippen molar-refractivity contribution < 1.29 is 14.2 Å². The van der Waals surface area contributed by atoms with E-state index in [-0.39, 0.29) is 0 Å². The van der Waals surface area contributed by atoms with Crippen molar-refractivity contribution in [2.45, 2.75) is 20.1 Å². The number of ether oxygens (including phenoxy) is 3. The van der Waals surface area contributed by atoms with Gasteiger partial charge in [-0.15, -0.1) is 0 Å². The van der Waals surface area contributed by atoms with Crippen LogP contribution in [0.15, 0.2) is 59.1 Å². The Morgan fingerprint density at radius 2 is 1.71 bits per heavy atom. The first-order chi connectivity index (χ1) is 16.5. The van der Waals surface area contributed by atoms with Crippen molar-refractivity contribution >= 4 is 50.5 Å². The molecule has 0 atom stereocenters. The lowest BCUT2D eigenvalue weighted by Crippen LogP contribution is -2.36. The van der Waals surface area contributed by atoms with Crippen LogP contribution in [-0.4, -0.2) is 32.9 Å². The number of morpholine rings is 1. The molecule has 0 amide bonds. The van der Waals surface area contributed by atoms with Crippen molar-refractivity contribution in [1.82, 2.24) is 0 Å². The average molecular weight is 566 g/mol. The van der Waals surface area contributed by atoms with Crippen LogP contribution in [-0.2, 0) is 17.9 Å². The number of nitrogens with one attached hydrogen (secondary N) is 1. The van der Waals surface area contributed by atoms with Gasteiger partial charge >= 0.3 is 0 Å². The summed E-state index contributed by atoms with van der Waals surface area (Å²) >= 11 is 16.5. The molecule has 4 rings (SSSR count). The molecule has 3 aromatic carbocycles. The Morgan fingerprint density at radius 3 is 2.44 bits per heavy atom. The molecule has 0 saturated carbocycles. The first-order valence-electron chi connectivity index (χ1n) is 11.2. The molecule has 0 aromatic heterocycles. The van der Waals surface area contributed by atoms with Crippen LogP contribution in [0.2, 0.25) is 10.0 Å². The van der Waals surface area contributed by atoms with E-state index in [0.29, 0.717) is 36.3 Å². The highest BCUT2D eigenvalue weighted by molar-refractivity contribution is 9.10. The second-order valence-corrected chi connectivity index (χ2v) is 9.49. The van der Waals surface area contributed by atoms with E-state index in [0.717, 1.165) is 58.3 Å². The number of halogens is 3. The summed E-state index contributed by atoms with van der Waals surface area (Å²) < 4.78 is 18.3. The third-order valence-corrected chi connectivity index (χ3v) is 6.95. The first kappa shape index (κ1) is 25.0. The normalized spacial score (nSPS) is 13.6. The lowest BCUT2D eigenvalue weighted by atomic mass is 10.2. The topological polar surface area (TPSA) is 43.0 Å². The number of hydrogen-bond acceptors (Lipinski definition) is 5. The molecule has 0 unspecified atom stereocenters. The Kier molecular flexibility index (Phi) is 8.84. The largest absolute Gasteiger partial charge is 0.490 e. The predicted octanol–water partition coefficient (Wildman–Crippen LogP) is 7.18. The number of benzene rings is 3. The molecular weight excluding hydrogens is 539 g/mol. The smallest absolute Gasteiger partial charge is 0.162 e. The Labute approximate surface area is 219 Å². The highest BCUT2D eigenvalue weighted by Gasteiger charge is 2.15. The van der Waals surface area contributed by atoms with Crippen LogP contribution in [0.5, 0.6) is 11.5 Å². The molecule has 3 aromatic rings. The lowest BCUT2D eigenvalue weighted by Gasteiger charge is -2.29. The van der Waals surface area contributed by atoms with Crippen LogP contribution in [0.25, 0.3) is 0 Å². The second-order valence-electron chi connectivity index (χ2n) is 7.82. The second kappa shape index (κ2) is 12.0. The quantitative estimate of drug-likeness (QED) is 0.297. The average Bonchev–Trinajstić information content (AvgIpc) is 2.84. The van der Waals surface area contributed by atoms with Crippen molar-refractivity contribution in [1.29, 1.82) is 0 Å². The van der Waals surface area contributed by atoms with Gasteiger partial charge in [-0.25, -0.2) is 0 Å². The van der Waals surface area contributed by atoms with E-state index in [1.165, 1.54) is 0 Å². The molecule has 1 N–H and O–H groups in total. The number of hydrogen-bond donors (Lipinski definition) is 1. The minimum absolute atomic E-state index is 0.359. The third-order valence-electron chi connectivity index (χ3n) is 5.54. The molecule has 0 bridgehead atoms. The van der Waals surface area contributed by atoms with Gasteiger partial charge in [-0.2, -0.15) is 0 Å². The maximum absolute atomic E-state index is 6.58. The van der Waals surface area contributed by atoms with Gasteiger partial charge in [0, 0.05) is 40.4 Å². The molecule has 1 saturated heterocycles. The monoisotopic (exact) mass is 564 g/mol. The summed E-state index contributed by atoms with van der Waals surface area (Å²) in [6.45, 7) is 6.60. The summed E-state index contributed by atoms with van der Waals surface area (Å²) in [6, 6.07) is 17.7. The summed E-state index contributed by atoms with van der Waals surface area (Å²) in [5.41, 5.74) is 3.95. The number of anilines is 2. The van der Waals surface area contributed by atoms with Gasteiger partial charge < -0.3 is 24.4 Å². The molecule has 0 radical (unpaired) electrons. The standard InChI is InChI=1S/C26H27BrCl2N2O3/c1-2-33-25-13-19(21(27)15-26(25)34-17-18-5-3-4-6-22(18)28)16-30-20-7-8-24(23(29)14-20)31-9-11-32-12-10-31/h3-8,13-15,30H,2,9-12,16-17H2,1H3. The highest BCUT2D eigenvalue weighted by Crippen LogP contribution is 2.36. The zero-order chi connectivity index (χ0) is 23.9. The summed E-state index contributed by atoms with van der Waals surface area (Å²) in [5, 5.41) is 4.86. The van der Waals surface area contributed by atoms with Gasteiger partial charge in [0.05, 0.1) is 30.5 Å². The van der Waals surface area contributed by atoms with Crippen molar-refractivity contribution in [3.63, 3.8) is 0 Å². The van der Waals surface area contributed by atoms with Crippen LogP contribution >= 0.6 is 39.1 Å². The Morgan fingerprint density at radius 1 is 0.941 bits per heavy atom. The maximum atomic E-state index is 6.58. The molecule has 0 aliphatic carbocycles. The van der Waals surface area contributed by atoms with E-state index in [1.54, 1.807) is 0 Å². The molecule has 5 nitrogen and oxygen atoms in total. The molecule has 0 spiro atoms. The molecule has 34 heavy (non-hydrogen) atoms. The van der Waals surface area contributed by atoms with Crippen molar-refractivity contribution in [2.75, 3.05) is 43.1 Å². The first-order valence-corrected chi connectivity index (χ1v) is 12.8. The molecule has 1 heterocycles. The number of rotatable bonds is 9. The van der Waals surface area contributed by atoms with Crippen LogP contribution in [0, 0.1) is 0 Å². The fourth-order valence-corrected chi connectivity index (χ4v) is 4.69. The number of nitrogens with zero attached hydrogens (tertiary/aromatic N) is 1. The van der Waals surface area contributed by atoms with E-state index in [4.69, 9.17) is 37.4 Å². The minimum Gasteiger partial charge on any atom is -0.490 e. The third kappa shape index (κ3) is 6.30. The maximum Gasteiger partial charge on any atom is 0.162 e. The summed E-state index contributed by atoms with van der Waals surface area (Å²) in [6.07, 6.45) is 0. The van der Waals surface area contributed by atoms with E-state index < -0.39 is 0 Å².